The van der Waals surface area contributed by atoms with Crippen molar-refractivity contribution >= 4 is 0 Å². The zero-order valence-electron chi connectivity index (χ0n) is 10.3. The van der Waals surface area contributed by atoms with Crippen molar-refractivity contribution in [2.24, 2.45) is 5.73 Å². The zero-order chi connectivity index (χ0) is 11.6. The number of likely N-dealkylation sites (tertiary alicyclic amines) is 1. The van der Waals surface area contributed by atoms with Gasteiger partial charge in [0.2, 0.25) is 0 Å². The van der Waals surface area contributed by atoms with Gasteiger partial charge >= 0.3 is 0 Å². The molecule has 0 spiro atoms. The third kappa shape index (κ3) is 2.63. The second-order valence-corrected chi connectivity index (χ2v) is 5.47. The minimum atomic E-state index is 0.230. The molecule has 1 fully saturated rings. The quantitative estimate of drug-likeness (QED) is 0.826. The van der Waals surface area contributed by atoms with E-state index in [2.05, 4.69) is 49.1 Å². The SMILES string of the molecule is CC1(C)CC(N)CCN1Cc1ccccc1. The van der Waals surface area contributed by atoms with E-state index in [4.69, 9.17) is 5.73 Å². The molecular formula is C14H22N2. The van der Waals surface area contributed by atoms with Crippen molar-refractivity contribution in [1.82, 2.24) is 4.90 Å². The summed E-state index contributed by atoms with van der Waals surface area (Å²) in [5.74, 6) is 0. The Morgan fingerprint density at radius 2 is 2.00 bits per heavy atom. The van der Waals surface area contributed by atoms with Crippen molar-refractivity contribution in [1.29, 1.82) is 0 Å². The van der Waals surface area contributed by atoms with E-state index in [9.17, 15) is 0 Å². The molecule has 2 N–H and O–H groups in total. The number of hydrogen-bond donors (Lipinski definition) is 1. The second kappa shape index (κ2) is 4.56. The molecule has 16 heavy (non-hydrogen) atoms. The summed E-state index contributed by atoms with van der Waals surface area (Å²) in [4.78, 5) is 2.55. The van der Waals surface area contributed by atoms with Crippen molar-refractivity contribution in [2.75, 3.05) is 6.54 Å². The first-order valence-electron chi connectivity index (χ1n) is 6.12. The molecule has 88 valence electrons. The van der Waals surface area contributed by atoms with E-state index in [1.165, 1.54) is 5.56 Å². The highest BCUT2D eigenvalue weighted by molar-refractivity contribution is 5.15. The molecule has 0 aromatic heterocycles. The van der Waals surface area contributed by atoms with Crippen LogP contribution in [0.15, 0.2) is 30.3 Å². The number of nitrogens with zero attached hydrogens (tertiary/aromatic N) is 1. The summed E-state index contributed by atoms with van der Waals surface area (Å²) in [6.45, 7) is 6.76. The smallest absolute Gasteiger partial charge is 0.0239 e. The van der Waals surface area contributed by atoms with E-state index in [1.807, 2.05) is 0 Å². The minimum Gasteiger partial charge on any atom is -0.328 e. The van der Waals surface area contributed by atoms with Crippen molar-refractivity contribution in [3.63, 3.8) is 0 Å². The second-order valence-electron chi connectivity index (χ2n) is 5.47. The lowest BCUT2D eigenvalue weighted by Crippen LogP contribution is -2.52. The fourth-order valence-corrected chi connectivity index (χ4v) is 2.59. The van der Waals surface area contributed by atoms with Crippen LogP contribution in [0.3, 0.4) is 0 Å². The first-order valence-corrected chi connectivity index (χ1v) is 6.12. The average Bonchev–Trinajstić information content (AvgIpc) is 2.23. The minimum absolute atomic E-state index is 0.230. The summed E-state index contributed by atoms with van der Waals surface area (Å²) in [6.07, 6.45) is 2.22. The standard InChI is InChI=1S/C14H22N2/c1-14(2)10-13(15)8-9-16(14)11-12-6-4-3-5-7-12/h3-7,13H,8-11,15H2,1-2H3. The molecule has 1 unspecified atom stereocenters. The molecular weight excluding hydrogens is 196 g/mol. The first kappa shape index (κ1) is 11.6. The first-order chi connectivity index (χ1) is 7.58. The van der Waals surface area contributed by atoms with Crippen LogP contribution in [0.1, 0.15) is 32.3 Å². The van der Waals surface area contributed by atoms with Crippen LogP contribution >= 0.6 is 0 Å². The molecule has 1 aromatic carbocycles. The fourth-order valence-electron chi connectivity index (χ4n) is 2.59. The van der Waals surface area contributed by atoms with Gasteiger partial charge in [-0.1, -0.05) is 30.3 Å². The van der Waals surface area contributed by atoms with Gasteiger partial charge < -0.3 is 5.73 Å². The lowest BCUT2D eigenvalue weighted by atomic mass is 9.87. The van der Waals surface area contributed by atoms with Gasteiger partial charge in [-0.3, -0.25) is 4.90 Å². The van der Waals surface area contributed by atoms with Gasteiger partial charge in [0.05, 0.1) is 0 Å². The summed E-state index contributed by atoms with van der Waals surface area (Å²) in [5, 5.41) is 0. The third-order valence-electron chi connectivity index (χ3n) is 3.60. The normalized spacial score (nSPS) is 25.6. The predicted octanol–water partition coefficient (Wildman–Crippen LogP) is 2.39. The Bertz CT molecular complexity index is 332. The summed E-state index contributed by atoms with van der Waals surface area (Å²) in [5.41, 5.74) is 7.66. The third-order valence-corrected chi connectivity index (χ3v) is 3.60. The summed E-state index contributed by atoms with van der Waals surface area (Å²) in [7, 11) is 0. The molecule has 0 amide bonds. The molecule has 1 saturated heterocycles. The molecule has 1 heterocycles. The maximum absolute atomic E-state index is 6.04. The highest BCUT2D eigenvalue weighted by atomic mass is 15.2. The molecule has 0 aliphatic carbocycles. The topological polar surface area (TPSA) is 29.3 Å². The number of piperidine rings is 1. The molecule has 2 heteroatoms. The van der Waals surface area contributed by atoms with Crippen LogP contribution in [0, 0.1) is 0 Å². The molecule has 2 nitrogen and oxygen atoms in total. The Labute approximate surface area is 98.4 Å². The highest BCUT2D eigenvalue weighted by Crippen LogP contribution is 2.28. The van der Waals surface area contributed by atoms with Gasteiger partial charge in [-0.2, -0.15) is 0 Å². The largest absolute Gasteiger partial charge is 0.328 e. The van der Waals surface area contributed by atoms with Gasteiger partial charge in [-0.25, -0.2) is 0 Å². The van der Waals surface area contributed by atoms with Gasteiger partial charge in [-0.05, 0) is 32.3 Å². The monoisotopic (exact) mass is 218 g/mol. The zero-order valence-corrected chi connectivity index (χ0v) is 10.3. The summed E-state index contributed by atoms with van der Waals surface area (Å²) >= 11 is 0. The van der Waals surface area contributed by atoms with E-state index in [-0.39, 0.29) is 5.54 Å². The van der Waals surface area contributed by atoms with Gasteiger partial charge in [0, 0.05) is 24.7 Å². The van der Waals surface area contributed by atoms with Gasteiger partial charge in [0.25, 0.3) is 0 Å². The van der Waals surface area contributed by atoms with Gasteiger partial charge in [-0.15, -0.1) is 0 Å². The summed E-state index contributed by atoms with van der Waals surface area (Å²) in [6, 6.07) is 11.1. The lowest BCUT2D eigenvalue weighted by Gasteiger charge is -2.45. The Morgan fingerprint density at radius 3 is 2.62 bits per heavy atom. The van der Waals surface area contributed by atoms with E-state index < -0.39 is 0 Å². The number of rotatable bonds is 2. The number of benzene rings is 1. The Morgan fingerprint density at radius 1 is 1.31 bits per heavy atom. The van der Waals surface area contributed by atoms with Crippen LogP contribution < -0.4 is 5.73 Å². The van der Waals surface area contributed by atoms with Crippen molar-refractivity contribution < 1.29 is 0 Å². The molecule has 0 bridgehead atoms. The molecule has 1 aromatic rings. The Hall–Kier alpha value is -0.860. The van der Waals surface area contributed by atoms with Crippen molar-refractivity contribution in [2.45, 2.75) is 44.8 Å². The number of hydrogen-bond acceptors (Lipinski definition) is 2. The van der Waals surface area contributed by atoms with Crippen LogP contribution in [-0.2, 0) is 6.54 Å². The van der Waals surface area contributed by atoms with E-state index in [0.717, 1.165) is 25.9 Å². The molecule has 1 atom stereocenters. The molecule has 1 aliphatic heterocycles. The van der Waals surface area contributed by atoms with Gasteiger partial charge in [0.15, 0.2) is 0 Å². The maximum atomic E-state index is 6.04. The number of nitrogens with two attached hydrogens (primary N) is 1. The van der Waals surface area contributed by atoms with E-state index >= 15 is 0 Å². The molecule has 0 radical (unpaired) electrons. The van der Waals surface area contributed by atoms with Crippen LogP contribution in [0.5, 0.6) is 0 Å². The molecule has 2 rings (SSSR count). The lowest BCUT2D eigenvalue weighted by molar-refractivity contribution is 0.0593. The van der Waals surface area contributed by atoms with Crippen LogP contribution in [0.2, 0.25) is 0 Å². The van der Waals surface area contributed by atoms with E-state index in [1.54, 1.807) is 0 Å². The maximum Gasteiger partial charge on any atom is 0.0239 e. The van der Waals surface area contributed by atoms with Crippen molar-refractivity contribution in [3.05, 3.63) is 35.9 Å². The van der Waals surface area contributed by atoms with Crippen LogP contribution in [-0.4, -0.2) is 23.0 Å². The Kier molecular flexibility index (Phi) is 3.31. The highest BCUT2D eigenvalue weighted by Gasteiger charge is 2.32. The van der Waals surface area contributed by atoms with Crippen LogP contribution in [0.25, 0.3) is 0 Å². The molecule has 0 saturated carbocycles. The van der Waals surface area contributed by atoms with E-state index in [0.29, 0.717) is 6.04 Å². The fraction of sp³-hybridized carbons (Fsp3) is 0.571. The van der Waals surface area contributed by atoms with Crippen LogP contribution in [0.4, 0.5) is 0 Å². The average molecular weight is 218 g/mol. The Balaban J connectivity index is 2.05. The van der Waals surface area contributed by atoms with Crippen molar-refractivity contribution in [3.8, 4) is 0 Å². The molecule has 1 aliphatic rings. The summed E-state index contributed by atoms with van der Waals surface area (Å²) < 4.78 is 0. The predicted molar refractivity (Wildman–Crippen MR) is 68.1 cm³/mol. The van der Waals surface area contributed by atoms with Gasteiger partial charge in [0.1, 0.15) is 0 Å².